The standard InChI is InChI=1S/C65H50N2/c1-2-20-46(51-39-40-58-62(61(51)42-21-5-3-6-22-42)54-31-11-16-34-57(54)65(58)55-32-14-9-27-47(55)48-28-10-15-33-56(48)65)43-23-19-26-45(41-43)67-60-36-18-13-30-50(60)53-38-37-52-49-29-12-17-35-59(49)66(63(52)64(53)67)44-24-7-4-8-25-44/h4,7-18,20,22-25,27-38,40-41,50-51,60H,2,5,19,21,26,39H2,1H3/b46-20+. The summed E-state index contributed by atoms with van der Waals surface area (Å²) in [5, 5.41) is 2.60. The Hall–Kier alpha value is -7.60. The van der Waals surface area contributed by atoms with Crippen LogP contribution in [0, 0.1) is 17.8 Å². The molecule has 6 aromatic carbocycles. The number of nitrogens with zero attached hydrogens (tertiary/aromatic N) is 2. The molecule has 0 N–H and O–H groups in total. The van der Waals surface area contributed by atoms with Crippen molar-refractivity contribution in [2.24, 2.45) is 5.92 Å². The van der Waals surface area contributed by atoms with Gasteiger partial charge in [0, 0.05) is 40.4 Å². The molecular weight excluding hydrogens is 809 g/mol. The van der Waals surface area contributed by atoms with E-state index < -0.39 is 0 Å². The van der Waals surface area contributed by atoms with Gasteiger partial charge in [-0.05, 0) is 135 Å². The highest BCUT2D eigenvalue weighted by Crippen LogP contribution is 2.66. The summed E-state index contributed by atoms with van der Waals surface area (Å²) in [7, 11) is 0. The average molecular weight is 859 g/mol. The summed E-state index contributed by atoms with van der Waals surface area (Å²) in [6.45, 7) is 2.32. The Morgan fingerprint density at radius 2 is 1.43 bits per heavy atom. The second-order valence-corrected chi connectivity index (χ2v) is 19.2. The van der Waals surface area contributed by atoms with Crippen LogP contribution in [0.4, 0.5) is 5.69 Å². The number of fused-ring (bicyclic) bond motifs is 17. The number of allylic oxidation sites excluding steroid dienone is 14. The lowest BCUT2D eigenvalue weighted by Gasteiger charge is -2.37. The second kappa shape index (κ2) is 15.0. The fourth-order valence-corrected chi connectivity index (χ4v) is 13.5. The number of benzene rings is 6. The fourth-order valence-electron chi connectivity index (χ4n) is 13.5. The van der Waals surface area contributed by atoms with Gasteiger partial charge >= 0.3 is 0 Å². The molecule has 0 bridgehead atoms. The monoisotopic (exact) mass is 858 g/mol. The van der Waals surface area contributed by atoms with Crippen LogP contribution in [0.5, 0.6) is 0 Å². The fraction of sp³-hybridized carbons (Fsp3) is 0.169. The maximum Gasteiger partial charge on any atom is 0.0782 e. The van der Waals surface area contributed by atoms with E-state index in [9.17, 15) is 0 Å². The number of hydrogen-bond donors (Lipinski definition) is 0. The summed E-state index contributed by atoms with van der Waals surface area (Å²) < 4.78 is 2.53. The molecule has 14 rings (SSSR count). The van der Waals surface area contributed by atoms with E-state index >= 15 is 0 Å². The van der Waals surface area contributed by atoms with E-state index in [1.165, 1.54) is 111 Å². The number of anilines is 1. The summed E-state index contributed by atoms with van der Waals surface area (Å²) in [6.07, 6.45) is 27.8. The lowest BCUT2D eigenvalue weighted by molar-refractivity contribution is 0.686. The normalized spacial score (nSPS) is 21.5. The maximum atomic E-state index is 3.49. The van der Waals surface area contributed by atoms with Gasteiger partial charge in [0.2, 0.25) is 0 Å². The lowest BCUT2D eigenvalue weighted by atomic mass is 9.66. The minimum Gasteiger partial charge on any atom is -0.335 e. The van der Waals surface area contributed by atoms with Crippen molar-refractivity contribution >= 4 is 33.1 Å². The van der Waals surface area contributed by atoms with Gasteiger partial charge in [-0.1, -0.05) is 183 Å². The Morgan fingerprint density at radius 1 is 0.716 bits per heavy atom. The second-order valence-electron chi connectivity index (χ2n) is 19.2. The molecule has 2 heteroatoms. The Balaban J connectivity index is 0.957. The first-order chi connectivity index (χ1) is 33.3. The molecule has 1 aliphatic heterocycles. The molecule has 0 saturated heterocycles. The van der Waals surface area contributed by atoms with Gasteiger partial charge in [-0.2, -0.15) is 0 Å². The largest absolute Gasteiger partial charge is 0.335 e. The number of aromatic nitrogens is 1. The lowest BCUT2D eigenvalue weighted by Crippen LogP contribution is -2.33. The highest BCUT2D eigenvalue weighted by atomic mass is 15.2. The third-order valence-corrected chi connectivity index (χ3v) is 16.0. The molecule has 0 amide bonds. The predicted octanol–water partition coefficient (Wildman–Crippen LogP) is 15.6. The molecule has 1 spiro atoms. The molecule has 0 fully saturated rings. The topological polar surface area (TPSA) is 8.17 Å². The zero-order valence-electron chi connectivity index (χ0n) is 37.8. The van der Waals surface area contributed by atoms with Crippen LogP contribution in [0.15, 0.2) is 228 Å². The van der Waals surface area contributed by atoms with Gasteiger partial charge < -0.3 is 9.47 Å². The molecule has 6 aliphatic carbocycles. The van der Waals surface area contributed by atoms with Gasteiger partial charge in [0.05, 0.1) is 28.2 Å². The van der Waals surface area contributed by atoms with E-state index in [1.54, 1.807) is 0 Å². The first-order valence-electron chi connectivity index (χ1n) is 24.5. The zero-order chi connectivity index (χ0) is 44.2. The van der Waals surface area contributed by atoms with Gasteiger partial charge in [-0.25, -0.2) is 0 Å². The molecule has 2 heterocycles. The maximum absolute atomic E-state index is 3.49. The third kappa shape index (κ3) is 5.35. The van der Waals surface area contributed by atoms with E-state index in [2.05, 4.69) is 222 Å². The van der Waals surface area contributed by atoms with E-state index in [0.29, 0.717) is 0 Å². The van der Waals surface area contributed by atoms with Crippen molar-refractivity contribution in [1.29, 1.82) is 0 Å². The summed E-state index contributed by atoms with van der Waals surface area (Å²) in [5.74, 6) is 7.37. The first kappa shape index (κ1) is 38.6. The predicted molar refractivity (Wildman–Crippen MR) is 278 cm³/mol. The van der Waals surface area contributed by atoms with Crippen LogP contribution in [0.25, 0.3) is 44.2 Å². The number of hydrogen-bond acceptors (Lipinski definition) is 1. The highest BCUT2D eigenvalue weighted by molar-refractivity contribution is 6.15. The highest BCUT2D eigenvalue weighted by Gasteiger charge is 2.55. The van der Waals surface area contributed by atoms with Gasteiger partial charge in [0.1, 0.15) is 0 Å². The van der Waals surface area contributed by atoms with E-state index in [0.717, 1.165) is 38.5 Å². The minimum absolute atomic E-state index is 0.185. The smallest absolute Gasteiger partial charge is 0.0782 e. The quantitative estimate of drug-likeness (QED) is 0.151. The van der Waals surface area contributed by atoms with Crippen LogP contribution in [0.1, 0.15) is 79.2 Å². The molecule has 7 aromatic rings. The molecule has 3 atom stereocenters. The zero-order valence-corrected chi connectivity index (χ0v) is 37.8. The molecule has 0 saturated carbocycles. The van der Waals surface area contributed by atoms with Crippen molar-refractivity contribution in [2.75, 3.05) is 4.90 Å². The van der Waals surface area contributed by atoms with Crippen molar-refractivity contribution in [3.63, 3.8) is 0 Å². The van der Waals surface area contributed by atoms with E-state index in [4.69, 9.17) is 0 Å². The van der Waals surface area contributed by atoms with Gasteiger partial charge in [-0.3, -0.25) is 0 Å². The van der Waals surface area contributed by atoms with Crippen LogP contribution in [0.3, 0.4) is 0 Å². The number of rotatable bonds is 6. The van der Waals surface area contributed by atoms with Gasteiger partial charge in [0.25, 0.3) is 0 Å². The molecular formula is C65H50N2. The van der Waals surface area contributed by atoms with Gasteiger partial charge in [0.15, 0.2) is 0 Å². The van der Waals surface area contributed by atoms with Crippen molar-refractivity contribution in [3.05, 3.63) is 256 Å². The average Bonchev–Trinajstić information content (AvgIpc) is 4.11. The summed E-state index contributed by atoms with van der Waals surface area (Å²) in [5.41, 5.74) is 24.4. The summed E-state index contributed by atoms with van der Waals surface area (Å²) >= 11 is 0. The summed E-state index contributed by atoms with van der Waals surface area (Å²) in [4.78, 5) is 2.75. The van der Waals surface area contributed by atoms with E-state index in [-0.39, 0.29) is 23.3 Å². The van der Waals surface area contributed by atoms with E-state index in [1.807, 2.05) is 0 Å². The SMILES string of the molecule is CC/C=C(\C1=CCCC(N2c3c(ccc4c5ccccc5n(-c5ccccc5)c34)C3C=CC=CC32)=C1)C1CC=C2C(=C1C1=CC#CCC1)c1ccccc1C21c2ccccc2-c2ccccc21. The molecule has 0 radical (unpaired) electrons. The Bertz CT molecular complexity index is 3570. The first-order valence-corrected chi connectivity index (χ1v) is 24.5. The molecule has 3 unspecified atom stereocenters. The molecule has 7 aliphatic rings. The third-order valence-electron chi connectivity index (χ3n) is 16.0. The molecule has 320 valence electrons. The van der Waals surface area contributed by atoms with Crippen LogP contribution in [-0.4, -0.2) is 10.6 Å². The van der Waals surface area contributed by atoms with Crippen molar-refractivity contribution < 1.29 is 0 Å². The molecule has 2 nitrogen and oxygen atoms in total. The van der Waals surface area contributed by atoms with Crippen molar-refractivity contribution in [3.8, 4) is 28.7 Å². The van der Waals surface area contributed by atoms with Crippen LogP contribution in [-0.2, 0) is 5.41 Å². The Labute approximate surface area is 393 Å². The van der Waals surface area contributed by atoms with Crippen LogP contribution in [0.2, 0.25) is 0 Å². The van der Waals surface area contributed by atoms with Crippen LogP contribution < -0.4 is 4.90 Å². The van der Waals surface area contributed by atoms with Crippen LogP contribution >= 0.6 is 0 Å². The summed E-state index contributed by atoms with van der Waals surface area (Å²) in [6, 6.07) is 52.7. The van der Waals surface area contributed by atoms with Crippen molar-refractivity contribution in [2.45, 2.75) is 62.8 Å². The van der Waals surface area contributed by atoms with Crippen molar-refractivity contribution in [1.82, 2.24) is 4.57 Å². The Kier molecular flexibility index (Phi) is 8.63. The minimum atomic E-state index is -0.364. The van der Waals surface area contributed by atoms with Gasteiger partial charge in [-0.15, -0.1) is 0 Å². The Morgan fingerprint density at radius 3 is 2.21 bits per heavy atom. The number of para-hydroxylation sites is 2. The molecule has 1 aromatic heterocycles. The molecule has 67 heavy (non-hydrogen) atoms.